The average Bonchev–Trinajstić information content (AvgIpc) is 2.79. The van der Waals surface area contributed by atoms with Gasteiger partial charge in [-0.05, 0) is 53.3 Å². The normalized spacial score (nSPS) is 16.1. The summed E-state index contributed by atoms with van der Waals surface area (Å²) >= 11 is 8.73. The number of thiocarbonyl (C=S) groups is 1. The zero-order valence-corrected chi connectivity index (χ0v) is 16.6. The van der Waals surface area contributed by atoms with Crippen molar-refractivity contribution in [1.29, 1.82) is 0 Å². The van der Waals surface area contributed by atoms with Crippen molar-refractivity contribution in [2.75, 3.05) is 20.3 Å². The van der Waals surface area contributed by atoms with E-state index in [4.69, 9.17) is 21.7 Å². The van der Waals surface area contributed by atoms with Crippen molar-refractivity contribution >= 4 is 62.9 Å². The lowest BCUT2D eigenvalue weighted by Crippen LogP contribution is -2.27. The molecule has 0 atom stereocenters. The molecule has 0 bridgehead atoms. The number of carbonyl (C=O) groups is 1. The molecule has 0 spiro atoms. The molecule has 1 saturated heterocycles. The molecule has 7 heteroatoms. The van der Waals surface area contributed by atoms with E-state index in [-0.39, 0.29) is 5.91 Å². The van der Waals surface area contributed by atoms with E-state index in [2.05, 4.69) is 29.2 Å². The Balaban J connectivity index is 2.36. The molecule has 1 amide bonds. The summed E-state index contributed by atoms with van der Waals surface area (Å²) < 4.78 is 12.5. The van der Waals surface area contributed by atoms with Gasteiger partial charge in [-0.1, -0.05) is 36.6 Å². The Labute approximate surface area is 159 Å². The van der Waals surface area contributed by atoms with Gasteiger partial charge in [0.25, 0.3) is 5.91 Å². The fraction of sp³-hybridized carbons (Fsp3) is 0.250. The first kappa shape index (κ1) is 18.3. The van der Waals surface area contributed by atoms with Gasteiger partial charge in [0, 0.05) is 6.54 Å². The van der Waals surface area contributed by atoms with Crippen molar-refractivity contribution in [1.82, 2.24) is 4.90 Å². The Morgan fingerprint density at radius 3 is 2.78 bits per heavy atom. The number of carbonyl (C=O) groups excluding carboxylic acids is 1. The molecule has 0 radical (unpaired) electrons. The molecule has 23 heavy (non-hydrogen) atoms. The number of rotatable bonds is 6. The molecular weight excluding hydrogens is 445 g/mol. The van der Waals surface area contributed by atoms with Gasteiger partial charge < -0.3 is 9.47 Å². The van der Waals surface area contributed by atoms with Crippen LogP contribution >= 0.6 is 46.6 Å². The second kappa shape index (κ2) is 8.16. The van der Waals surface area contributed by atoms with Gasteiger partial charge in [0.05, 0.1) is 15.6 Å². The lowest BCUT2D eigenvalue weighted by molar-refractivity contribution is -0.121. The third-order valence-corrected chi connectivity index (χ3v) is 5.26. The number of halogens is 1. The van der Waals surface area contributed by atoms with Gasteiger partial charge in [0.15, 0.2) is 11.5 Å². The van der Waals surface area contributed by atoms with E-state index in [9.17, 15) is 4.79 Å². The molecule has 0 N–H and O–H groups in total. The van der Waals surface area contributed by atoms with Crippen molar-refractivity contribution in [3.05, 3.63) is 38.8 Å². The van der Waals surface area contributed by atoms with Gasteiger partial charge in [-0.2, -0.15) is 0 Å². The number of ether oxygens (including phenoxy) is 2. The van der Waals surface area contributed by atoms with Crippen LogP contribution in [0, 0.1) is 3.57 Å². The van der Waals surface area contributed by atoms with E-state index in [0.717, 1.165) is 9.13 Å². The lowest BCUT2D eigenvalue weighted by atomic mass is 10.2. The van der Waals surface area contributed by atoms with Gasteiger partial charge >= 0.3 is 0 Å². The molecule has 4 nitrogen and oxygen atoms in total. The molecule has 1 heterocycles. The number of methoxy groups -OCH3 is 1. The van der Waals surface area contributed by atoms with Crippen LogP contribution in [0.2, 0.25) is 0 Å². The van der Waals surface area contributed by atoms with Gasteiger partial charge in [0.2, 0.25) is 0 Å². The molecule has 0 saturated carbocycles. The summed E-state index contributed by atoms with van der Waals surface area (Å²) in [4.78, 5) is 14.5. The number of hydrogen-bond donors (Lipinski definition) is 0. The SMILES string of the molecule is C=CCOc1c(I)cc(/C=C2\SC(=S)N(CC)C2=O)cc1OC. The molecular formula is C16H16INO3S2. The van der Waals surface area contributed by atoms with Gasteiger partial charge in [-0.25, -0.2) is 0 Å². The minimum atomic E-state index is -0.0524. The van der Waals surface area contributed by atoms with Crippen LogP contribution in [-0.4, -0.2) is 35.4 Å². The Kier molecular flexibility index (Phi) is 6.49. The highest BCUT2D eigenvalue weighted by molar-refractivity contribution is 14.1. The Morgan fingerprint density at radius 1 is 1.48 bits per heavy atom. The summed E-state index contributed by atoms with van der Waals surface area (Å²) in [6, 6.07) is 3.79. The van der Waals surface area contributed by atoms with Gasteiger partial charge in [0.1, 0.15) is 10.9 Å². The quantitative estimate of drug-likeness (QED) is 0.276. The van der Waals surface area contributed by atoms with Gasteiger partial charge in [-0.3, -0.25) is 9.69 Å². The molecule has 2 rings (SSSR count). The Morgan fingerprint density at radius 2 is 2.22 bits per heavy atom. The smallest absolute Gasteiger partial charge is 0.266 e. The number of thioether (sulfide) groups is 1. The average molecular weight is 461 g/mol. The van der Waals surface area contributed by atoms with E-state index in [0.29, 0.717) is 33.9 Å². The second-order valence-electron chi connectivity index (χ2n) is 4.56. The maximum absolute atomic E-state index is 12.3. The fourth-order valence-corrected chi connectivity index (χ4v) is 4.19. The molecule has 122 valence electrons. The third kappa shape index (κ3) is 4.07. The summed E-state index contributed by atoms with van der Waals surface area (Å²) in [6.07, 6.45) is 3.51. The predicted molar refractivity (Wildman–Crippen MR) is 107 cm³/mol. The van der Waals surface area contributed by atoms with Crippen molar-refractivity contribution in [2.24, 2.45) is 0 Å². The highest BCUT2D eigenvalue weighted by Gasteiger charge is 2.30. The van der Waals surface area contributed by atoms with E-state index >= 15 is 0 Å². The second-order valence-corrected chi connectivity index (χ2v) is 7.40. The Bertz CT molecular complexity index is 688. The minimum absolute atomic E-state index is 0.0524. The maximum atomic E-state index is 12.3. The monoisotopic (exact) mass is 461 g/mol. The standard InChI is InChI=1S/C16H16INO3S2/c1-4-6-21-14-11(17)7-10(8-12(14)20-3)9-13-15(19)18(5-2)16(22)23-13/h4,7-9H,1,5-6H2,2-3H3/b13-9-. The molecule has 1 aliphatic heterocycles. The molecule has 0 aliphatic carbocycles. The van der Waals surface area contributed by atoms with E-state index in [1.807, 2.05) is 25.1 Å². The summed E-state index contributed by atoms with van der Waals surface area (Å²) in [5, 5.41) is 0. The first-order valence-electron chi connectivity index (χ1n) is 6.88. The first-order chi connectivity index (χ1) is 11.0. The van der Waals surface area contributed by atoms with Gasteiger partial charge in [-0.15, -0.1) is 0 Å². The summed E-state index contributed by atoms with van der Waals surface area (Å²) in [5.41, 5.74) is 0.869. The molecule has 0 aromatic heterocycles. The van der Waals surface area contributed by atoms with E-state index < -0.39 is 0 Å². The van der Waals surface area contributed by atoms with Crippen LogP contribution in [0.15, 0.2) is 29.7 Å². The number of amides is 1. The third-order valence-electron chi connectivity index (χ3n) is 3.08. The first-order valence-corrected chi connectivity index (χ1v) is 9.18. The highest BCUT2D eigenvalue weighted by Crippen LogP contribution is 2.37. The molecule has 1 aromatic carbocycles. The van der Waals surface area contributed by atoms with Crippen molar-refractivity contribution < 1.29 is 14.3 Å². The molecule has 1 fully saturated rings. The largest absolute Gasteiger partial charge is 0.493 e. The number of benzene rings is 1. The summed E-state index contributed by atoms with van der Waals surface area (Å²) in [7, 11) is 1.59. The number of hydrogen-bond acceptors (Lipinski definition) is 5. The fourth-order valence-electron chi connectivity index (χ4n) is 2.03. The van der Waals surface area contributed by atoms with Crippen LogP contribution in [0.3, 0.4) is 0 Å². The highest BCUT2D eigenvalue weighted by atomic mass is 127. The topological polar surface area (TPSA) is 38.8 Å². The number of likely N-dealkylation sites (N-methyl/N-ethyl adjacent to an activating group) is 1. The van der Waals surface area contributed by atoms with Crippen molar-refractivity contribution in [2.45, 2.75) is 6.92 Å². The summed E-state index contributed by atoms with van der Waals surface area (Å²) in [6.45, 7) is 6.53. The molecule has 1 aromatic rings. The number of nitrogens with zero attached hydrogens (tertiary/aromatic N) is 1. The zero-order valence-electron chi connectivity index (χ0n) is 12.8. The summed E-state index contributed by atoms with van der Waals surface area (Å²) in [5.74, 6) is 1.24. The Hall–Kier alpha value is -1.06. The minimum Gasteiger partial charge on any atom is -0.493 e. The maximum Gasteiger partial charge on any atom is 0.266 e. The van der Waals surface area contributed by atoms with Crippen LogP contribution in [-0.2, 0) is 4.79 Å². The molecule has 0 unspecified atom stereocenters. The van der Waals surface area contributed by atoms with Crippen LogP contribution in [0.25, 0.3) is 6.08 Å². The van der Waals surface area contributed by atoms with Crippen LogP contribution in [0.1, 0.15) is 12.5 Å². The van der Waals surface area contributed by atoms with Crippen LogP contribution in [0.5, 0.6) is 11.5 Å². The van der Waals surface area contributed by atoms with Crippen LogP contribution < -0.4 is 9.47 Å². The predicted octanol–water partition coefficient (Wildman–Crippen LogP) is 4.09. The van der Waals surface area contributed by atoms with E-state index in [1.165, 1.54) is 11.8 Å². The van der Waals surface area contributed by atoms with Crippen LogP contribution in [0.4, 0.5) is 0 Å². The van der Waals surface area contributed by atoms with E-state index in [1.54, 1.807) is 18.1 Å². The lowest BCUT2D eigenvalue weighted by Gasteiger charge is -2.12. The van der Waals surface area contributed by atoms with Crippen molar-refractivity contribution in [3.8, 4) is 11.5 Å². The zero-order chi connectivity index (χ0) is 17.0. The molecule has 1 aliphatic rings. The van der Waals surface area contributed by atoms with Crippen molar-refractivity contribution in [3.63, 3.8) is 0 Å².